The van der Waals surface area contributed by atoms with Crippen molar-refractivity contribution in [2.75, 3.05) is 24.6 Å². The lowest BCUT2D eigenvalue weighted by molar-refractivity contribution is 0.100. The Hall–Kier alpha value is -1.66. The first-order chi connectivity index (χ1) is 10.2. The molecule has 112 valence electrons. The minimum atomic E-state index is -0.385. The number of hydrogen-bond donors (Lipinski definition) is 2. The van der Waals surface area contributed by atoms with Crippen molar-refractivity contribution in [3.8, 4) is 0 Å². The third-order valence-electron chi connectivity index (χ3n) is 4.11. The second-order valence-electron chi connectivity index (χ2n) is 5.47. The number of primary amides is 1. The fourth-order valence-electron chi connectivity index (χ4n) is 2.91. The molecule has 3 N–H and O–H groups in total. The third-order valence-corrected chi connectivity index (χ3v) is 5.27. The number of carbonyl (C=O) groups is 1. The van der Waals surface area contributed by atoms with E-state index in [0.29, 0.717) is 10.8 Å². The number of rotatable bonds is 4. The number of amides is 1. The lowest BCUT2D eigenvalue weighted by Crippen LogP contribution is -2.34. The molecule has 21 heavy (non-hydrogen) atoms. The van der Waals surface area contributed by atoms with E-state index in [1.54, 1.807) is 6.20 Å². The normalized spacial score (nSPS) is 16.5. The predicted octanol–water partition coefficient (Wildman–Crippen LogP) is 1.99. The Morgan fingerprint density at radius 1 is 1.48 bits per heavy atom. The highest BCUT2D eigenvalue weighted by Crippen LogP contribution is 2.34. The molecule has 1 fully saturated rings. The molecule has 0 bridgehead atoms. The Balaban J connectivity index is 1.85. The van der Waals surface area contributed by atoms with E-state index < -0.39 is 0 Å². The van der Waals surface area contributed by atoms with Crippen molar-refractivity contribution in [3.63, 3.8) is 0 Å². The molecule has 3 rings (SSSR count). The van der Waals surface area contributed by atoms with Crippen molar-refractivity contribution in [2.45, 2.75) is 19.3 Å². The third kappa shape index (κ3) is 2.87. The molecule has 2 aromatic rings. The van der Waals surface area contributed by atoms with Gasteiger partial charge in [-0.2, -0.15) is 0 Å². The van der Waals surface area contributed by atoms with E-state index in [9.17, 15) is 4.79 Å². The number of anilines is 1. The Morgan fingerprint density at radius 2 is 2.24 bits per heavy atom. The topological polar surface area (TPSA) is 79.5 Å². The highest BCUT2D eigenvalue weighted by Gasteiger charge is 2.22. The van der Waals surface area contributed by atoms with Crippen LogP contribution < -0.4 is 10.6 Å². The van der Waals surface area contributed by atoms with Crippen LogP contribution in [0.15, 0.2) is 18.3 Å². The number of pyridine rings is 1. The molecule has 0 atom stereocenters. The highest BCUT2D eigenvalue weighted by molar-refractivity contribution is 7.21. The van der Waals surface area contributed by atoms with Crippen LogP contribution in [0, 0.1) is 5.92 Å². The van der Waals surface area contributed by atoms with Gasteiger partial charge < -0.3 is 15.7 Å². The Morgan fingerprint density at radius 3 is 2.90 bits per heavy atom. The first kappa shape index (κ1) is 14.3. The van der Waals surface area contributed by atoms with Crippen molar-refractivity contribution in [1.82, 2.24) is 4.98 Å². The van der Waals surface area contributed by atoms with Crippen LogP contribution in [0.1, 0.15) is 28.9 Å². The van der Waals surface area contributed by atoms with Crippen LogP contribution >= 0.6 is 11.3 Å². The first-order valence-corrected chi connectivity index (χ1v) is 8.05. The maximum Gasteiger partial charge on any atom is 0.258 e. The summed E-state index contributed by atoms with van der Waals surface area (Å²) in [7, 11) is 0. The summed E-state index contributed by atoms with van der Waals surface area (Å²) in [6.45, 7) is 2.16. The largest absolute Gasteiger partial charge is 0.396 e. The molecule has 0 spiro atoms. The van der Waals surface area contributed by atoms with Crippen molar-refractivity contribution in [1.29, 1.82) is 0 Å². The lowest BCUT2D eigenvalue weighted by atomic mass is 9.94. The van der Waals surface area contributed by atoms with Gasteiger partial charge in [0.1, 0.15) is 5.82 Å². The van der Waals surface area contributed by atoms with Crippen LogP contribution in [-0.4, -0.2) is 35.7 Å². The van der Waals surface area contributed by atoms with Crippen molar-refractivity contribution in [2.24, 2.45) is 11.7 Å². The molecule has 0 aliphatic carbocycles. The smallest absolute Gasteiger partial charge is 0.258 e. The van der Waals surface area contributed by atoms with E-state index >= 15 is 0 Å². The standard InChI is InChI=1S/C15H19N3O2S/c16-14(20)12-9-11-1-5-17-15(13(11)21-12)18-6-2-10(3-7-18)4-8-19/h1,5,9-10,19H,2-4,6-8H2,(H2,16,20). The molecular weight excluding hydrogens is 286 g/mol. The summed E-state index contributed by atoms with van der Waals surface area (Å²) in [5, 5.41) is 10.1. The van der Waals surface area contributed by atoms with Crippen LogP contribution in [0.5, 0.6) is 0 Å². The quantitative estimate of drug-likeness (QED) is 0.905. The zero-order chi connectivity index (χ0) is 14.8. The number of hydrogen-bond acceptors (Lipinski definition) is 5. The van der Waals surface area contributed by atoms with Crippen molar-refractivity contribution >= 4 is 33.1 Å². The van der Waals surface area contributed by atoms with Gasteiger partial charge in [-0.15, -0.1) is 11.3 Å². The number of nitrogens with two attached hydrogens (primary N) is 1. The molecule has 1 aliphatic rings. The number of thiophene rings is 1. The average Bonchev–Trinajstić information content (AvgIpc) is 2.93. The van der Waals surface area contributed by atoms with Gasteiger partial charge in [-0.25, -0.2) is 4.98 Å². The van der Waals surface area contributed by atoms with Gasteiger partial charge in [0.25, 0.3) is 5.91 Å². The minimum absolute atomic E-state index is 0.269. The van der Waals surface area contributed by atoms with Gasteiger partial charge in [0.15, 0.2) is 0 Å². The SMILES string of the molecule is NC(=O)c1cc2ccnc(N3CCC(CCO)CC3)c2s1. The van der Waals surface area contributed by atoms with Crippen LogP contribution in [0.4, 0.5) is 5.82 Å². The van der Waals surface area contributed by atoms with Gasteiger partial charge in [0.05, 0.1) is 9.58 Å². The maximum atomic E-state index is 11.3. The number of nitrogens with zero attached hydrogens (tertiary/aromatic N) is 2. The van der Waals surface area contributed by atoms with Crippen molar-refractivity contribution < 1.29 is 9.90 Å². The molecule has 6 heteroatoms. The summed E-state index contributed by atoms with van der Waals surface area (Å²) in [6.07, 6.45) is 4.82. The highest BCUT2D eigenvalue weighted by atomic mass is 32.1. The molecule has 5 nitrogen and oxygen atoms in total. The van der Waals surface area contributed by atoms with E-state index in [1.165, 1.54) is 11.3 Å². The summed E-state index contributed by atoms with van der Waals surface area (Å²) in [6, 6.07) is 3.76. The molecular formula is C15H19N3O2S. The predicted molar refractivity (Wildman–Crippen MR) is 84.8 cm³/mol. The van der Waals surface area contributed by atoms with Crippen LogP contribution in [0.25, 0.3) is 10.1 Å². The Kier molecular flexibility index (Phi) is 4.07. The molecule has 0 aromatic carbocycles. The molecule has 0 saturated carbocycles. The lowest BCUT2D eigenvalue weighted by Gasteiger charge is -2.32. The molecule has 0 radical (unpaired) electrons. The van der Waals surface area contributed by atoms with Gasteiger partial charge in [0.2, 0.25) is 0 Å². The van der Waals surface area contributed by atoms with Gasteiger partial charge in [-0.3, -0.25) is 4.79 Å². The summed E-state index contributed by atoms with van der Waals surface area (Å²) in [5.41, 5.74) is 5.37. The van der Waals surface area contributed by atoms with E-state index in [4.69, 9.17) is 10.8 Å². The van der Waals surface area contributed by atoms with E-state index in [2.05, 4.69) is 9.88 Å². The first-order valence-electron chi connectivity index (χ1n) is 7.23. The summed E-state index contributed by atoms with van der Waals surface area (Å²) in [5.74, 6) is 1.17. The molecule has 1 saturated heterocycles. The van der Waals surface area contributed by atoms with Gasteiger partial charge >= 0.3 is 0 Å². The molecule has 1 amide bonds. The second kappa shape index (κ2) is 5.99. The van der Waals surface area contributed by atoms with Gasteiger partial charge in [0, 0.05) is 25.9 Å². The number of aliphatic hydroxyl groups is 1. The van der Waals surface area contributed by atoms with Gasteiger partial charge in [-0.1, -0.05) is 0 Å². The maximum absolute atomic E-state index is 11.3. The number of carbonyl (C=O) groups excluding carboxylic acids is 1. The number of piperidine rings is 1. The number of aliphatic hydroxyl groups excluding tert-OH is 1. The second-order valence-corrected chi connectivity index (χ2v) is 6.52. The minimum Gasteiger partial charge on any atom is -0.396 e. The molecule has 1 aliphatic heterocycles. The zero-order valence-electron chi connectivity index (χ0n) is 11.8. The fraction of sp³-hybridized carbons (Fsp3) is 0.467. The van der Waals surface area contributed by atoms with E-state index in [0.717, 1.165) is 48.3 Å². The van der Waals surface area contributed by atoms with Crippen LogP contribution in [0.2, 0.25) is 0 Å². The summed E-state index contributed by atoms with van der Waals surface area (Å²) < 4.78 is 1.03. The van der Waals surface area contributed by atoms with E-state index in [1.807, 2.05) is 12.1 Å². The van der Waals surface area contributed by atoms with Gasteiger partial charge in [-0.05, 0) is 42.7 Å². The molecule has 3 heterocycles. The Labute approximate surface area is 127 Å². The Bertz CT molecular complexity index is 647. The monoisotopic (exact) mass is 305 g/mol. The zero-order valence-corrected chi connectivity index (χ0v) is 12.6. The fourth-order valence-corrected chi connectivity index (χ4v) is 3.94. The average molecular weight is 305 g/mol. The summed E-state index contributed by atoms with van der Waals surface area (Å²) >= 11 is 1.42. The number of aromatic nitrogens is 1. The van der Waals surface area contributed by atoms with E-state index in [-0.39, 0.29) is 12.5 Å². The molecule has 0 unspecified atom stereocenters. The van der Waals surface area contributed by atoms with Crippen LogP contribution in [-0.2, 0) is 0 Å². The summed E-state index contributed by atoms with van der Waals surface area (Å²) in [4.78, 5) is 18.7. The number of fused-ring (bicyclic) bond motifs is 1. The van der Waals surface area contributed by atoms with Crippen molar-refractivity contribution in [3.05, 3.63) is 23.2 Å². The molecule has 2 aromatic heterocycles. The van der Waals surface area contributed by atoms with Crippen LogP contribution in [0.3, 0.4) is 0 Å².